The molecule has 2 aromatic carbocycles. The number of rotatable bonds is 3. The van der Waals surface area contributed by atoms with Crippen LogP contribution in [0.15, 0.2) is 67.4 Å². The molecule has 0 spiro atoms. The van der Waals surface area contributed by atoms with Crippen molar-refractivity contribution in [1.29, 1.82) is 0 Å². The highest BCUT2D eigenvalue weighted by atomic mass is 16.5. The van der Waals surface area contributed by atoms with Gasteiger partial charge in [0, 0.05) is 0 Å². The van der Waals surface area contributed by atoms with Crippen molar-refractivity contribution in [1.82, 2.24) is 0 Å². The number of benzene rings is 2. The Labute approximate surface area is 89.6 Å². The Hall–Kier alpha value is -2.02. The summed E-state index contributed by atoms with van der Waals surface area (Å²) < 4.78 is 5.16. The highest BCUT2D eigenvalue weighted by molar-refractivity contribution is 5.63. The maximum absolute atomic E-state index is 5.16. The molecule has 0 saturated carbocycles. The van der Waals surface area contributed by atoms with E-state index in [2.05, 4.69) is 18.7 Å². The summed E-state index contributed by atoms with van der Waals surface area (Å²) in [5, 5.41) is 0. The molecule has 0 fully saturated rings. The molecule has 15 heavy (non-hydrogen) atoms. The molecule has 0 aliphatic carbocycles. The zero-order valence-corrected chi connectivity index (χ0v) is 8.39. The van der Waals surface area contributed by atoms with E-state index in [4.69, 9.17) is 4.74 Å². The Morgan fingerprint density at radius 2 is 1.40 bits per heavy atom. The third-order valence-electron chi connectivity index (χ3n) is 2.18. The van der Waals surface area contributed by atoms with E-state index >= 15 is 0 Å². The van der Waals surface area contributed by atoms with Gasteiger partial charge in [-0.3, -0.25) is 0 Å². The molecule has 0 heterocycles. The fourth-order valence-corrected chi connectivity index (χ4v) is 1.45. The molecule has 1 nitrogen and oxygen atoms in total. The van der Waals surface area contributed by atoms with E-state index in [1.807, 2.05) is 42.5 Å². The third-order valence-corrected chi connectivity index (χ3v) is 2.18. The zero-order valence-electron chi connectivity index (χ0n) is 8.39. The van der Waals surface area contributed by atoms with Crippen molar-refractivity contribution < 1.29 is 4.74 Å². The summed E-state index contributed by atoms with van der Waals surface area (Å²) in [6.45, 7) is 3.51. The highest BCUT2D eigenvalue weighted by Crippen LogP contribution is 2.21. The van der Waals surface area contributed by atoms with E-state index < -0.39 is 0 Å². The summed E-state index contributed by atoms with van der Waals surface area (Å²) >= 11 is 0. The average molecular weight is 196 g/mol. The zero-order chi connectivity index (χ0) is 10.5. The molecular weight excluding hydrogens is 184 g/mol. The lowest BCUT2D eigenvalue weighted by atomic mass is 10.1. The Balaban J connectivity index is 2.28. The highest BCUT2D eigenvalue weighted by Gasteiger charge is 1.96. The third kappa shape index (κ3) is 2.26. The lowest BCUT2D eigenvalue weighted by molar-refractivity contribution is 0.483. The van der Waals surface area contributed by atoms with Crippen LogP contribution in [0.1, 0.15) is 0 Å². The second-order valence-electron chi connectivity index (χ2n) is 3.17. The number of hydrogen-bond donors (Lipinski definition) is 0. The van der Waals surface area contributed by atoms with Crippen LogP contribution in [0.4, 0.5) is 0 Å². The van der Waals surface area contributed by atoms with E-state index in [0.717, 1.165) is 5.75 Å². The van der Waals surface area contributed by atoms with Crippen molar-refractivity contribution in [2.45, 2.75) is 0 Å². The lowest BCUT2D eigenvalue weighted by Crippen LogP contribution is -1.81. The van der Waals surface area contributed by atoms with Crippen LogP contribution < -0.4 is 4.74 Å². The Kier molecular flexibility index (Phi) is 2.84. The van der Waals surface area contributed by atoms with Gasteiger partial charge in [-0.25, -0.2) is 0 Å². The summed E-state index contributed by atoms with van der Waals surface area (Å²) in [7, 11) is 0. The van der Waals surface area contributed by atoms with Crippen molar-refractivity contribution in [2.75, 3.05) is 0 Å². The minimum Gasteiger partial charge on any atom is -0.466 e. The normalized spacial score (nSPS) is 9.60. The lowest BCUT2D eigenvalue weighted by Gasteiger charge is -2.03. The molecular formula is C14H12O. The molecule has 74 valence electrons. The molecule has 0 saturated heterocycles. The second kappa shape index (κ2) is 4.47. The molecule has 0 atom stereocenters. The van der Waals surface area contributed by atoms with Gasteiger partial charge in [0.15, 0.2) is 0 Å². The predicted molar refractivity (Wildman–Crippen MR) is 62.7 cm³/mol. The van der Waals surface area contributed by atoms with E-state index in [1.165, 1.54) is 17.4 Å². The summed E-state index contributed by atoms with van der Waals surface area (Å²) in [4.78, 5) is 0. The average Bonchev–Trinajstić information content (AvgIpc) is 2.32. The van der Waals surface area contributed by atoms with Crippen LogP contribution in [0.5, 0.6) is 5.75 Å². The van der Waals surface area contributed by atoms with Crippen LogP contribution in [0.3, 0.4) is 0 Å². The fourth-order valence-electron chi connectivity index (χ4n) is 1.45. The molecule has 0 aromatic heterocycles. The van der Waals surface area contributed by atoms with Crippen LogP contribution in [-0.2, 0) is 0 Å². The molecule has 0 amide bonds. The molecule has 1 heteroatoms. The van der Waals surface area contributed by atoms with Crippen molar-refractivity contribution in [3.05, 3.63) is 67.4 Å². The second-order valence-corrected chi connectivity index (χ2v) is 3.17. The molecule has 0 unspecified atom stereocenters. The van der Waals surface area contributed by atoms with Crippen LogP contribution in [0, 0.1) is 0 Å². The Morgan fingerprint density at radius 1 is 0.800 bits per heavy atom. The van der Waals surface area contributed by atoms with Gasteiger partial charge in [-0.1, -0.05) is 49.0 Å². The standard InChI is InChI=1S/C14H12O/c1-2-15-14-10-8-13(9-11-14)12-6-4-3-5-7-12/h2-11H,1H2. The van der Waals surface area contributed by atoms with Crippen LogP contribution >= 0.6 is 0 Å². The molecule has 2 aromatic rings. The van der Waals surface area contributed by atoms with Crippen molar-refractivity contribution >= 4 is 0 Å². The van der Waals surface area contributed by atoms with E-state index in [0.29, 0.717) is 0 Å². The summed E-state index contributed by atoms with van der Waals surface area (Å²) in [5.41, 5.74) is 2.40. The summed E-state index contributed by atoms with van der Waals surface area (Å²) in [6, 6.07) is 18.2. The molecule has 0 bridgehead atoms. The van der Waals surface area contributed by atoms with Gasteiger partial charge in [0.1, 0.15) is 5.75 Å². The first-order valence-electron chi connectivity index (χ1n) is 4.83. The van der Waals surface area contributed by atoms with Crippen molar-refractivity contribution in [3.63, 3.8) is 0 Å². The molecule has 0 aliphatic heterocycles. The molecule has 0 N–H and O–H groups in total. The van der Waals surface area contributed by atoms with Gasteiger partial charge in [-0.05, 0) is 23.3 Å². The molecule has 2 rings (SSSR count). The molecule has 0 radical (unpaired) electrons. The first-order chi connectivity index (χ1) is 7.40. The van der Waals surface area contributed by atoms with Gasteiger partial charge in [0.05, 0.1) is 6.26 Å². The van der Waals surface area contributed by atoms with Gasteiger partial charge in [-0.2, -0.15) is 0 Å². The SMILES string of the molecule is C=COc1ccc(-c2ccccc2)cc1. The topological polar surface area (TPSA) is 9.23 Å². The van der Waals surface area contributed by atoms with Crippen molar-refractivity contribution in [2.24, 2.45) is 0 Å². The molecule has 0 aliphatic rings. The largest absolute Gasteiger partial charge is 0.466 e. The van der Waals surface area contributed by atoms with Crippen LogP contribution in [0.25, 0.3) is 11.1 Å². The summed E-state index contributed by atoms with van der Waals surface area (Å²) in [5.74, 6) is 0.810. The Bertz CT molecular complexity index is 429. The maximum atomic E-state index is 5.16. The maximum Gasteiger partial charge on any atom is 0.126 e. The van der Waals surface area contributed by atoms with Gasteiger partial charge < -0.3 is 4.74 Å². The van der Waals surface area contributed by atoms with Gasteiger partial charge >= 0.3 is 0 Å². The first kappa shape index (κ1) is 9.53. The van der Waals surface area contributed by atoms with Crippen molar-refractivity contribution in [3.8, 4) is 16.9 Å². The minimum atomic E-state index is 0.810. The Morgan fingerprint density at radius 3 is 2.00 bits per heavy atom. The quantitative estimate of drug-likeness (QED) is 0.677. The van der Waals surface area contributed by atoms with Crippen LogP contribution in [0.2, 0.25) is 0 Å². The van der Waals surface area contributed by atoms with Gasteiger partial charge in [-0.15, -0.1) is 0 Å². The van der Waals surface area contributed by atoms with E-state index in [9.17, 15) is 0 Å². The first-order valence-corrected chi connectivity index (χ1v) is 4.83. The summed E-state index contributed by atoms with van der Waals surface area (Å²) in [6.07, 6.45) is 1.43. The predicted octanol–water partition coefficient (Wildman–Crippen LogP) is 3.88. The van der Waals surface area contributed by atoms with E-state index in [-0.39, 0.29) is 0 Å². The minimum absolute atomic E-state index is 0.810. The smallest absolute Gasteiger partial charge is 0.126 e. The van der Waals surface area contributed by atoms with Gasteiger partial charge in [0.25, 0.3) is 0 Å². The monoisotopic (exact) mass is 196 g/mol. The van der Waals surface area contributed by atoms with E-state index in [1.54, 1.807) is 0 Å². The van der Waals surface area contributed by atoms with Gasteiger partial charge in [0.2, 0.25) is 0 Å². The fraction of sp³-hybridized carbons (Fsp3) is 0. The number of hydrogen-bond acceptors (Lipinski definition) is 1. The van der Waals surface area contributed by atoms with Crippen LogP contribution in [-0.4, -0.2) is 0 Å². The number of ether oxygens (including phenoxy) is 1.